The third-order valence-corrected chi connectivity index (χ3v) is 4.91. The number of aromatic nitrogens is 6. The van der Waals surface area contributed by atoms with Gasteiger partial charge in [0.05, 0.1) is 0 Å². The Kier molecular flexibility index (Phi) is 5.97. The first-order valence-electron chi connectivity index (χ1n) is 10.2. The number of hydrogen-bond acceptors (Lipinski definition) is 7. The lowest BCUT2D eigenvalue weighted by Gasteiger charge is -2.21. The monoisotopic (exact) mass is 409 g/mol. The van der Waals surface area contributed by atoms with Gasteiger partial charge in [-0.1, -0.05) is 30.6 Å². The Hall–Kier alpha value is -3.36. The minimum absolute atomic E-state index is 0.337. The summed E-state index contributed by atoms with van der Waals surface area (Å²) in [7, 11) is 0. The van der Waals surface area contributed by atoms with E-state index in [1.165, 1.54) is 12.1 Å². The molecule has 0 bridgehead atoms. The molecule has 0 unspecified atom stereocenters. The van der Waals surface area contributed by atoms with Gasteiger partial charge in [-0.2, -0.15) is 9.50 Å². The average molecular weight is 409 g/mol. The molecule has 9 heteroatoms. The van der Waals surface area contributed by atoms with Crippen molar-refractivity contribution in [3.05, 3.63) is 53.9 Å². The van der Waals surface area contributed by atoms with Gasteiger partial charge in [0.15, 0.2) is 11.5 Å². The summed E-state index contributed by atoms with van der Waals surface area (Å²) in [6.45, 7) is 6.16. The maximum atomic E-state index is 13.4. The van der Waals surface area contributed by atoms with Gasteiger partial charge in [0.1, 0.15) is 11.6 Å². The molecule has 8 nitrogen and oxygen atoms in total. The van der Waals surface area contributed by atoms with Crippen LogP contribution in [0, 0.1) is 5.82 Å². The molecule has 3 aromatic heterocycles. The summed E-state index contributed by atoms with van der Waals surface area (Å²) in [5.41, 5.74) is 1.28. The van der Waals surface area contributed by atoms with Gasteiger partial charge in [0.25, 0.3) is 0 Å². The Bertz CT molecular complexity index is 1120. The molecular formula is C21H24FN7O. The number of benzene rings is 1. The molecule has 1 aromatic carbocycles. The Labute approximate surface area is 173 Å². The quantitative estimate of drug-likeness (QED) is 0.416. The molecule has 0 aliphatic heterocycles. The lowest BCUT2D eigenvalue weighted by atomic mass is 10.2. The second-order valence-electron chi connectivity index (χ2n) is 7.03. The Morgan fingerprint density at radius 1 is 1.10 bits per heavy atom. The molecule has 0 amide bonds. The molecule has 3 heterocycles. The fourth-order valence-corrected chi connectivity index (χ4v) is 3.25. The van der Waals surface area contributed by atoms with Crippen molar-refractivity contribution in [1.82, 2.24) is 30.0 Å². The molecule has 4 rings (SSSR count). The fourth-order valence-electron chi connectivity index (χ4n) is 3.25. The van der Waals surface area contributed by atoms with Crippen LogP contribution >= 0.6 is 0 Å². The predicted octanol–water partition coefficient (Wildman–Crippen LogP) is 3.73. The van der Waals surface area contributed by atoms with Crippen molar-refractivity contribution in [2.75, 3.05) is 18.0 Å². The van der Waals surface area contributed by atoms with E-state index >= 15 is 0 Å². The topological polar surface area (TPSA) is 85.2 Å². The lowest BCUT2D eigenvalue weighted by molar-refractivity contribution is 0.377. The number of fused-ring (bicyclic) bond motifs is 1. The second kappa shape index (κ2) is 8.98. The first-order chi connectivity index (χ1) is 14.7. The smallest absolute Gasteiger partial charge is 0.227 e. The highest BCUT2D eigenvalue weighted by atomic mass is 19.1. The van der Waals surface area contributed by atoms with Crippen LogP contribution in [0.4, 0.5) is 10.2 Å². The zero-order chi connectivity index (χ0) is 20.9. The highest BCUT2D eigenvalue weighted by molar-refractivity contribution is 5.53. The van der Waals surface area contributed by atoms with Crippen LogP contribution in [-0.4, -0.2) is 43.0 Å². The van der Waals surface area contributed by atoms with E-state index in [4.69, 9.17) is 9.62 Å². The van der Waals surface area contributed by atoms with Gasteiger partial charge in [0, 0.05) is 31.5 Å². The number of anilines is 1. The fraction of sp³-hybridized carbons (Fsp3) is 0.381. The van der Waals surface area contributed by atoms with Gasteiger partial charge in [0.2, 0.25) is 11.7 Å². The van der Waals surface area contributed by atoms with E-state index in [2.05, 4.69) is 39.1 Å². The third kappa shape index (κ3) is 4.29. The van der Waals surface area contributed by atoms with Gasteiger partial charge < -0.3 is 9.42 Å². The highest BCUT2D eigenvalue weighted by Gasteiger charge is 2.14. The predicted molar refractivity (Wildman–Crippen MR) is 111 cm³/mol. The Morgan fingerprint density at radius 3 is 2.80 bits per heavy atom. The zero-order valence-electron chi connectivity index (χ0n) is 17.1. The number of nitrogens with zero attached hydrogens (tertiary/aromatic N) is 7. The molecule has 4 aromatic rings. The normalized spacial score (nSPS) is 11.3. The number of halogens is 1. The molecular weight excluding hydrogens is 385 g/mol. The van der Waals surface area contributed by atoms with E-state index in [1.54, 1.807) is 16.6 Å². The van der Waals surface area contributed by atoms with Gasteiger partial charge in [-0.05, 0) is 37.6 Å². The van der Waals surface area contributed by atoms with Crippen LogP contribution < -0.4 is 4.90 Å². The summed E-state index contributed by atoms with van der Waals surface area (Å²) in [5.74, 6) is 2.12. The summed E-state index contributed by atoms with van der Waals surface area (Å²) < 4.78 is 20.5. The summed E-state index contributed by atoms with van der Waals surface area (Å²) >= 11 is 0. The Morgan fingerprint density at radius 2 is 2.00 bits per heavy atom. The minimum atomic E-state index is -0.337. The summed E-state index contributed by atoms with van der Waals surface area (Å²) in [5, 5.41) is 17.2. The Balaban J connectivity index is 1.50. The first-order valence-corrected chi connectivity index (χ1v) is 10.2. The number of rotatable bonds is 9. The maximum absolute atomic E-state index is 13.4. The van der Waals surface area contributed by atoms with E-state index < -0.39 is 0 Å². The molecule has 156 valence electrons. The minimum Gasteiger partial charge on any atom is -0.355 e. The van der Waals surface area contributed by atoms with Crippen molar-refractivity contribution in [1.29, 1.82) is 0 Å². The van der Waals surface area contributed by atoms with Crippen LogP contribution in [0.2, 0.25) is 0 Å². The number of hydrogen-bond donors (Lipinski definition) is 0. The second-order valence-corrected chi connectivity index (χ2v) is 7.03. The molecule has 0 spiro atoms. The SMILES string of the molecule is CCCCN(CC)c1ccc2nnc(CCc3nc(-c4cccc(F)c4)no3)n2n1. The zero-order valence-corrected chi connectivity index (χ0v) is 17.1. The van der Waals surface area contributed by atoms with Gasteiger partial charge in [-0.3, -0.25) is 0 Å². The maximum Gasteiger partial charge on any atom is 0.227 e. The van der Waals surface area contributed by atoms with E-state index in [1.807, 2.05) is 12.1 Å². The van der Waals surface area contributed by atoms with Crippen molar-refractivity contribution in [2.45, 2.75) is 39.5 Å². The van der Waals surface area contributed by atoms with Crippen molar-refractivity contribution in [3.8, 4) is 11.4 Å². The van der Waals surface area contributed by atoms with Gasteiger partial charge >= 0.3 is 0 Å². The van der Waals surface area contributed by atoms with Crippen LogP contribution in [0.3, 0.4) is 0 Å². The van der Waals surface area contributed by atoms with Crippen LogP contribution in [0.5, 0.6) is 0 Å². The average Bonchev–Trinajstić information content (AvgIpc) is 3.40. The van der Waals surface area contributed by atoms with Crippen LogP contribution in [0.15, 0.2) is 40.9 Å². The van der Waals surface area contributed by atoms with Crippen molar-refractivity contribution >= 4 is 11.5 Å². The molecule has 0 fully saturated rings. The molecule has 0 atom stereocenters. The number of aryl methyl sites for hydroxylation is 2. The summed E-state index contributed by atoms with van der Waals surface area (Å²) in [4.78, 5) is 6.61. The molecule has 0 N–H and O–H groups in total. The van der Waals surface area contributed by atoms with E-state index in [0.29, 0.717) is 35.8 Å². The van der Waals surface area contributed by atoms with Crippen molar-refractivity contribution < 1.29 is 8.91 Å². The largest absolute Gasteiger partial charge is 0.355 e. The first kappa shape index (κ1) is 19.9. The van der Waals surface area contributed by atoms with E-state index in [-0.39, 0.29) is 5.82 Å². The third-order valence-electron chi connectivity index (χ3n) is 4.91. The molecule has 0 radical (unpaired) electrons. The standard InChI is InChI=1S/C21H24FN7O/c1-3-5-13-28(4-2)19-10-9-17-24-25-18(29(17)26-19)11-12-20-23-21(27-30-20)15-7-6-8-16(22)14-15/h6-10,14H,3-5,11-13H2,1-2H3. The number of unbranched alkanes of at least 4 members (excludes halogenated alkanes) is 1. The summed E-state index contributed by atoms with van der Waals surface area (Å²) in [6.07, 6.45) is 3.29. The van der Waals surface area contributed by atoms with Gasteiger partial charge in [-0.25, -0.2) is 4.39 Å². The molecule has 0 aliphatic rings. The lowest BCUT2D eigenvalue weighted by Crippen LogP contribution is -2.25. The summed E-state index contributed by atoms with van der Waals surface area (Å²) in [6, 6.07) is 10.0. The van der Waals surface area contributed by atoms with Crippen LogP contribution in [0.25, 0.3) is 17.0 Å². The van der Waals surface area contributed by atoms with E-state index in [9.17, 15) is 4.39 Å². The highest BCUT2D eigenvalue weighted by Crippen LogP contribution is 2.18. The molecule has 0 saturated carbocycles. The molecule has 0 aliphatic carbocycles. The molecule has 0 saturated heterocycles. The molecule has 30 heavy (non-hydrogen) atoms. The van der Waals surface area contributed by atoms with Crippen molar-refractivity contribution in [3.63, 3.8) is 0 Å². The van der Waals surface area contributed by atoms with Gasteiger partial charge in [-0.15, -0.1) is 15.3 Å². The van der Waals surface area contributed by atoms with Crippen LogP contribution in [0.1, 0.15) is 38.4 Å². The van der Waals surface area contributed by atoms with E-state index in [0.717, 1.165) is 37.6 Å². The van der Waals surface area contributed by atoms with Crippen LogP contribution in [-0.2, 0) is 12.8 Å². The van der Waals surface area contributed by atoms with Crippen molar-refractivity contribution in [2.24, 2.45) is 0 Å².